The van der Waals surface area contributed by atoms with E-state index in [4.69, 9.17) is 0 Å². The molecule has 7 nitrogen and oxygen atoms in total. The Labute approximate surface area is 203 Å². The molecule has 34 heavy (non-hydrogen) atoms. The molecule has 2 aliphatic heterocycles. The molecule has 4 rings (SSSR count). The van der Waals surface area contributed by atoms with Crippen LogP contribution >= 0.6 is 0 Å². The number of aryl methyl sites for hydroxylation is 2. The van der Waals surface area contributed by atoms with E-state index in [1.54, 1.807) is 10.5 Å². The summed E-state index contributed by atoms with van der Waals surface area (Å²) in [6.07, 6.45) is 4.83. The number of piperazine rings is 1. The van der Waals surface area contributed by atoms with Gasteiger partial charge in [0.2, 0.25) is 15.9 Å². The van der Waals surface area contributed by atoms with Crippen LogP contribution < -0.4 is 0 Å². The molecule has 1 aromatic heterocycles. The SMILES string of the molecule is Cc1cc(C)c(C)c(S(=O)(=O)N2CCC(C(=O)N3CCN(Cc4cccnc4)CC3)CC2)c1C. The molecule has 3 heterocycles. The zero-order chi connectivity index (χ0) is 24.5. The number of pyridine rings is 1. The van der Waals surface area contributed by atoms with Gasteiger partial charge in [0.15, 0.2) is 0 Å². The molecule has 0 radical (unpaired) electrons. The number of piperidine rings is 1. The lowest BCUT2D eigenvalue weighted by Crippen LogP contribution is -2.51. The highest BCUT2D eigenvalue weighted by atomic mass is 32.2. The Morgan fingerprint density at radius 3 is 2.15 bits per heavy atom. The van der Waals surface area contributed by atoms with E-state index < -0.39 is 10.0 Å². The van der Waals surface area contributed by atoms with Crippen LogP contribution in [-0.2, 0) is 21.4 Å². The van der Waals surface area contributed by atoms with Crippen molar-refractivity contribution < 1.29 is 13.2 Å². The number of sulfonamides is 1. The van der Waals surface area contributed by atoms with Crippen LogP contribution in [0.2, 0.25) is 0 Å². The Kier molecular flexibility index (Phi) is 7.40. The van der Waals surface area contributed by atoms with Gasteiger partial charge in [-0.2, -0.15) is 4.31 Å². The Hall–Kier alpha value is -2.29. The maximum absolute atomic E-state index is 13.5. The van der Waals surface area contributed by atoms with Gasteiger partial charge in [0.25, 0.3) is 0 Å². The molecule has 0 aliphatic carbocycles. The van der Waals surface area contributed by atoms with Gasteiger partial charge in [-0.1, -0.05) is 12.1 Å². The summed E-state index contributed by atoms with van der Waals surface area (Å²) in [7, 11) is -3.58. The highest BCUT2D eigenvalue weighted by Crippen LogP contribution is 2.31. The van der Waals surface area contributed by atoms with Crippen molar-refractivity contribution in [2.24, 2.45) is 5.92 Å². The van der Waals surface area contributed by atoms with Crippen molar-refractivity contribution in [3.05, 3.63) is 58.4 Å². The minimum atomic E-state index is -3.58. The average Bonchev–Trinajstić information content (AvgIpc) is 2.83. The number of hydrogen-bond acceptors (Lipinski definition) is 5. The first-order valence-electron chi connectivity index (χ1n) is 12.2. The number of nitrogens with zero attached hydrogens (tertiary/aromatic N) is 4. The molecule has 1 amide bonds. The van der Waals surface area contributed by atoms with E-state index in [1.165, 1.54) is 5.56 Å². The summed E-state index contributed by atoms with van der Waals surface area (Å²) in [6.45, 7) is 12.5. The van der Waals surface area contributed by atoms with Gasteiger partial charge in [-0.15, -0.1) is 0 Å². The molecular formula is C26H36N4O3S. The Bertz CT molecular complexity index is 1110. The first kappa shape index (κ1) is 24.8. The van der Waals surface area contributed by atoms with E-state index in [9.17, 15) is 13.2 Å². The van der Waals surface area contributed by atoms with Gasteiger partial charge >= 0.3 is 0 Å². The second kappa shape index (κ2) is 10.1. The normalized spacial score (nSPS) is 18.9. The molecule has 2 aliphatic rings. The third-order valence-corrected chi connectivity index (χ3v) is 9.68. The highest BCUT2D eigenvalue weighted by Gasteiger charge is 2.36. The average molecular weight is 485 g/mol. The molecule has 0 saturated carbocycles. The fourth-order valence-electron chi connectivity index (χ4n) is 5.17. The van der Waals surface area contributed by atoms with E-state index in [2.05, 4.69) is 16.0 Å². The van der Waals surface area contributed by atoms with Gasteiger partial charge in [-0.3, -0.25) is 14.7 Å². The Balaban J connectivity index is 1.34. The smallest absolute Gasteiger partial charge is 0.243 e. The largest absolute Gasteiger partial charge is 0.340 e. The second-order valence-electron chi connectivity index (χ2n) is 9.73. The number of carbonyl (C=O) groups excluding carboxylic acids is 1. The van der Waals surface area contributed by atoms with Gasteiger partial charge in [-0.05, 0) is 74.4 Å². The molecule has 0 atom stereocenters. The second-order valence-corrected chi connectivity index (χ2v) is 11.6. The van der Waals surface area contributed by atoms with Crippen LogP contribution in [0.3, 0.4) is 0 Å². The third kappa shape index (κ3) is 5.04. The summed E-state index contributed by atoms with van der Waals surface area (Å²) < 4.78 is 28.6. The summed E-state index contributed by atoms with van der Waals surface area (Å²) in [6, 6.07) is 6.07. The first-order chi connectivity index (χ1) is 16.2. The maximum atomic E-state index is 13.5. The van der Waals surface area contributed by atoms with Crippen LogP contribution in [0.5, 0.6) is 0 Å². The molecule has 2 saturated heterocycles. The van der Waals surface area contributed by atoms with Gasteiger partial charge in [-0.25, -0.2) is 8.42 Å². The lowest BCUT2D eigenvalue weighted by atomic mass is 9.96. The number of aromatic nitrogens is 1. The summed E-state index contributed by atoms with van der Waals surface area (Å²) in [4.78, 5) is 22.1. The quantitative estimate of drug-likeness (QED) is 0.652. The van der Waals surface area contributed by atoms with Gasteiger partial charge in [0.1, 0.15) is 0 Å². The van der Waals surface area contributed by atoms with Crippen molar-refractivity contribution in [3.8, 4) is 0 Å². The van der Waals surface area contributed by atoms with Crippen LogP contribution in [0.1, 0.15) is 40.7 Å². The van der Waals surface area contributed by atoms with E-state index in [0.29, 0.717) is 30.8 Å². The van der Waals surface area contributed by atoms with Crippen LogP contribution in [-0.4, -0.2) is 72.7 Å². The van der Waals surface area contributed by atoms with Crippen molar-refractivity contribution in [1.82, 2.24) is 19.1 Å². The molecule has 0 unspecified atom stereocenters. The zero-order valence-electron chi connectivity index (χ0n) is 20.7. The molecule has 2 aromatic rings. The predicted molar refractivity (Wildman–Crippen MR) is 133 cm³/mol. The standard InChI is InChI=1S/C26H36N4O3S/c1-19-16-20(2)22(4)25(21(19)3)34(32,33)30-10-7-24(8-11-30)26(31)29-14-12-28(13-15-29)18-23-6-5-9-27-17-23/h5-6,9,16-17,24H,7-8,10-15,18H2,1-4H3. The number of benzene rings is 1. The monoisotopic (exact) mass is 484 g/mol. The van der Waals surface area contributed by atoms with Gasteiger partial charge in [0.05, 0.1) is 4.90 Å². The molecular weight excluding hydrogens is 448 g/mol. The Morgan fingerprint density at radius 1 is 0.971 bits per heavy atom. The summed E-state index contributed by atoms with van der Waals surface area (Å²) in [5.74, 6) is 0.0783. The maximum Gasteiger partial charge on any atom is 0.243 e. The topological polar surface area (TPSA) is 73.8 Å². The van der Waals surface area contributed by atoms with E-state index in [1.807, 2.05) is 50.9 Å². The fraction of sp³-hybridized carbons (Fsp3) is 0.538. The van der Waals surface area contributed by atoms with E-state index in [-0.39, 0.29) is 11.8 Å². The van der Waals surface area contributed by atoms with Crippen molar-refractivity contribution in [2.45, 2.75) is 52.0 Å². The molecule has 2 fully saturated rings. The zero-order valence-corrected chi connectivity index (χ0v) is 21.6. The molecule has 1 aromatic carbocycles. The molecule has 184 valence electrons. The van der Waals surface area contributed by atoms with Crippen LogP contribution in [0.15, 0.2) is 35.5 Å². The first-order valence-corrected chi connectivity index (χ1v) is 13.6. The number of amides is 1. The van der Waals surface area contributed by atoms with Crippen molar-refractivity contribution in [1.29, 1.82) is 0 Å². The highest BCUT2D eigenvalue weighted by molar-refractivity contribution is 7.89. The molecule has 0 bridgehead atoms. The minimum absolute atomic E-state index is 0.0993. The summed E-state index contributed by atoms with van der Waals surface area (Å²) in [5.41, 5.74) is 4.82. The van der Waals surface area contributed by atoms with Crippen LogP contribution in [0, 0.1) is 33.6 Å². The Morgan fingerprint density at radius 2 is 1.59 bits per heavy atom. The summed E-state index contributed by atoms with van der Waals surface area (Å²) >= 11 is 0. The lowest BCUT2D eigenvalue weighted by molar-refractivity contribution is -0.138. The van der Waals surface area contributed by atoms with Gasteiger partial charge < -0.3 is 4.90 Å². The van der Waals surface area contributed by atoms with Crippen molar-refractivity contribution >= 4 is 15.9 Å². The number of carbonyl (C=O) groups is 1. The lowest BCUT2D eigenvalue weighted by Gasteiger charge is -2.38. The van der Waals surface area contributed by atoms with Gasteiger partial charge in [0, 0.05) is 64.1 Å². The fourth-order valence-corrected chi connectivity index (χ4v) is 7.22. The number of rotatable bonds is 5. The predicted octanol–water partition coefficient (Wildman–Crippen LogP) is 3.06. The van der Waals surface area contributed by atoms with Crippen LogP contribution in [0.4, 0.5) is 0 Å². The van der Waals surface area contributed by atoms with Crippen LogP contribution in [0.25, 0.3) is 0 Å². The van der Waals surface area contributed by atoms with E-state index >= 15 is 0 Å². The number of hydrogen-bond donors (Lipinski definition) is 0. The third-order valence-electron chi connectivity index (χ3n) is 7.51. The molecule has 8 heteroatoms. The molecule has 0 N–H and O–H groups in total. The van der Waals surface area contributed by atoms with Crippen molar-refractivity contribution in [2.75, 3.05) is 39.3 Å². The minimum Gasteiger partial charge on any atom is -0.340 e. The van der Waals surface area contributed by atoms with Crippen molar-refractivity contribution in [3.63, 3.8) is 0 Å². The molecule has 0 spiro atoms. The summed E-state index contributed by atoms with van der Waals surface area (Å²) in [5, 5.41) is 0. The van der Waals surface area contributed by atoms with E-state index in [0.717, 1.165) is 55.0 Å².